The first kappa shape index (κ1) is 31.6. The lowest BCUT2D eigenvalue weighted by Gasteiger charge is -2.41. The highest BCUT2D eigenvalue weighted by Crippen LogP contribution is 2.46. The fraction of sp³-hybridized carbons (Fsp3) is 0.289. The Bertz CT molecular complexity index is 1720. The van der Waals surface area contributed by atoms with Crippen LogP contribution in [0.25, 0.3) is 0 Å². The fourth-order valence-corrected chi connectivity index (χ4v) is 7.73. The van der Waals surface area contributed by atoms with Crippen LogP contribution in [0, 0.1) is 5.92 Å². The van der Waals surface area contributed by atoms with Crippen molar-refractivity contribution in [3.63, 3.8) is 0 Å². The summed E-state index contributed by atoms with van der Waals surface area (Å²) in [6.45, 7) is 20.1. The molecule has 4 aliphatic rings. The van der Waals surface area contributed by atoms with E-state index in [1.165, 1.54) is 39.1 Å². The predicted octanol–water partition coefficient (Wildman–Crippen LogP) is 11.5. The molecule has 2 aromatic carbocycles. The van der Waals surface area contributed by atoms with Gasteiger partial charge in [0.05, 0.1) is 6.04 Å². The Labute approximate surface area is 277 Å². The highest BCUT2D eigenvalue weighted by atomic mass is 15.2. The molecule has 1 heteroatoms. The Morgan fingerprint density at radius 3 is 2.54 bits per heavy atom. The highest BCUT2D eigenvalue weighted by molar-refractivity contribution is 5.56. The topological polar surface area (TPSA) is 3.24 Å². The van der Waals surface area contributed by atoms with E-state index in [9.17, 15) is 0 Å². The van der Waals surface area contributed by atoms with Gasteiger partial charge in [0, 0.05) is 46.6 Å². The molecule has 0 bridgehead atoms. The van der Waals surface area contributed by atoms with Gasteiger partial charge in [-0.05, 0) is 72.1 Å². The van der Waals surface area contributed by atoms with E-state index in [0.29, 0.717) is 11.8 Å². The second-order valence-corrected chi connectivity index (χ2v) is 13.7. The SMILES string of the molecule is C=CC(C=C/C=C\C(CC)c1ccc2c(c1)CC2(C)C/C=C\C(=C)N1C2=C(C=CC2)C(=C)C=C(C2C=CC2)C1C)c1ccccc1. The zero-order valence-electron chi connectivity index (χ0n) is 28.0. The van der Waals surface area contributed by atoms with Gasteiger partial charge >= 0.3 is 0 Å². The summed E-state index contributed by atoms with van der Waals surface area (Å²) in [5.74, 6) is 1.15. The van der Waals surface area contributed by atoms with E-state index >= 15 is 0 Å². The molecule has 6 rings (SSSR count). The summed E-state index contributed by atoms with van der Waals surface area (Å²) in [5.41, 5.74) is 12.1. The van der Waals surface area contributed by atoms with Crippen molar-refractivity contribution >= 4 is 0 Å². The van der Waals surface area contributed by atoms with Crippen LogP contribution in [-0.2, 0) is 11.8 Å². The largest absolute Gasteiger partial charge is 0.338 e. The maximum absolute atomic E-state index is 4.59. The first-order valence-electron chi connectivity index (χ1n) is 17.1. The van der Waals surface area contributed by atoms with Crippen molar-refractivity contribution in [3.8, 4) is 0 Å². The van der Waals surface area contributed by atoms with E-state index in [2.05, 4.69) is 161 Å². The molecule has 1 aliphatic heterocycles. The molecule has 5 unspecified atom stereocenters. The van der Waals surface area contributed by atoms with Gasteiger partial charge in [-0.2, -0.15) is 0 Å². The van der Waals surface area contributed by atoms with E-state index in [4.69, 9.17) is 0 Å². The minimum Gasteiger partial charge on any atom is -0.338 e. The van der Waals surface area contributed by atoms with Crippen molar-refractivity contribution in [1.29, 1.82) is 0 Å². The maximum atomic E-state index is 4.59. The molecule has 0 saturated carbocycles. The molecule has 0 amide bonds. The smallest absolute Gasteiger partial charge is 0.0529 e. The number of allylic oxidation sites excluding steroid dienone is 14. The molecule has 1 nitrogen and oxygen atoms in total. The molecule has 0 spiro atoms. The van der Waals surface area contributed by atoms with Crippen molar-refractivity contribution in [2.24, 2.45) is 5.92 Å². The van der Waals surface area contributed by atoms with Gasteiger partial charge in [-0.25, -0.2) is 0 Å². The van der Waals surface area contributed by atoms with Crippen molar-refractivity contribution in [1.82, 2.24) is 4.90 Å². The molecule has 0 aromatic heterocycles. The summed E-state index contributed by atoms with van der Waals surface area (Å²) in [6, 6.07) is 18.0. The maximum Gasteiger partial charge on any atom is 0.0529 e. The van der Waals surface area contributed by atoms with Crippen LogP contribution in [0.2, 0.25) is 0 Å². The van der Waals surface area contributed by atoms with Crippen LogP contribution in [-0.4, -0.2) is 10.9 Å². The van der Waals surface area contributed by atoms with Crippen LogP contribution in [0.1, 0.15) is 80.5 Å². The summed E-state index contributed by atoms with van der Waals surface area (Å²) >= 11 is 0. The van der Waals surface area contributed by atoms with E-state index < -0.39 is 0 Å². The third-order valence-electron chi connectivity index (χ3n) is 10.6. The molecule has 0 N–H and O–H groups in total. The summed E-state index contributed by atoms with van der Waals surface area (Å²) in [5, 5.41) is 0. The van der Waals surface area contributed by atoms with Gasteiger partial charge in [-0.15, -0.1) is 6.58 Å². The lowest BCUT2D eigenvalue weighted by atomic mass is 9.63. The summed E-state index contributed by atoms with van der Waals surface area (Å²) in [7, 11) is 0. The standard InChI is InChI=1S/C45H49N/c1-7-35(37-20-10-9-11-21-37)18-12-13-19-36(8-2)39-26-27-43-40(30-39)31-45(43,6)28-16-17-33(4)46-34(5)42(38-22-14-23-38)29-32(3)41-24-15-25-44(41)46/h7,9-22,24,26-27,29-30,34-36,38H,1,3-4,8,23,25,28,31H2,2,5-6H3/b17-16-,18-12?,19-13-. The highest BCUT2D eigenvalue weighted by Gasteiger charge is 2.38. The van der Waals surface area contributed by atoms with Gasteiger partial charge in [-0.1, -0.05) is 142 Å². The van der Waals surface area contributed by atoms with Crippen molar-refractivity contribution in [3.05, 3.63) is 192 Å². The molecule has 5 atom stereocenters. The average Bonchev–Trinajstić information content (AvgIpc) is 3.48. The molecular weight excluding hydrogens is 555 g/mol. The summed E-state index contributed by atoms with van der Waals surface area (Å²) < 4.78 is 0. The first-order chi connectivity index (χ1) is 22.3. The van der Waals surface area contributed by atoms with Gasteiger partial charge in [-0.3, -0.25) is 0 Å². The zero-order valence-corrected chi connectivity index (χ0v) is 28.0. The van der Waals surface area contributed by atoms with Gasteiger partial charge < -0.3 is 4.90 Å². The van der Waals surface area contributed by atoms with E-state index in [-0.39, 0.29) is 17.4 Å². The number of hydrogen-bond acceptors (Lipinski definition) is 1. The number of fused-ring (bicyclic) bond motifs is 1. The molecular formula is C45H49N. The average molecular weight is 604 g/mol. The Morgan fingerprint density at radius 1 is 1.07 bits per heavy atom. The Kier molecular flexibility index (Phi) is 9.32. The zero-order chi connectivity index (χ0) is 32.3. The van der Waals surface area contributed by atoms with E-state index in [1.807, 2.05) is 6.08 Å². The molecule has 234 valence electrons. The second-order valence-electron chi connectivity index (χ2n) is 13.7. The quantitative estimate of drug-likeness (QED) is 0.172. The fourth-order valence-electron chi connectivity index (χ4n) is 7.73. The van der Waals surface area contributed by atoms with Crippen LogP contribution < -0.4 is 0 Å². The molecule has 2 aromatic rings. The molecule has 1 heterocycles. The van der Waals surface area contributed by atoms with Gasteiger partial charge in [0.15, 0.2) is 0 Å². The first-order valence-corrected chi connectivity index (χ1v) is 17.1. The van der Waals surface area contributed by atoms with Crippen LogP contribution in [0.5, 0.6) is 0 Å². The molecule has 0 saturated heterocycles. The molecule has 3 aliphatic carbocycles. The van der Waals surface area contributed by atoms with E-state index in [1.54, 1.807) is 0 Å². The van der Waals surface area contributed by atoms with Crippen molar-refractivity contribution < 1.29 is 0 Å². The number of hydrogen-bond donors (Lipinski definition) is 0. The third kappa shape index (κ3) is 6.21. The second kappa shape index (κ2) is 13.6. The molecule has 0 fully saturated rings. The minimum atomic E-state index is 0.169. The summed E-state index contributed by atoms with van der Waals surface area (Å²) in [6.07, 6.45) is 32.3. The van der Waals surface area contributed by atoms with Crippen molar-refractivity contribution in [2.45, 2.75) is 76.2 Å². The van der Waals surface area contributed by atoms with Gasteiger partial charge in [0.2, 0.25) is 0 Å². The third-order valence-corrected chi connectivity index (χ3v) is 10.6. The Hall–Kier alpha value is -4.36. The van der Waals surface area contributed by atoms with Crippen LogP contribution in [0.4, 0.5) is 0 Å². The number of rotatable bonds is 12. The summed E-state index contributed by atoms with van der Waals surface area (Å²) in [4.78, 5) is 2.47. The van der Waals surface area contributed by atoms with Gasteiger partial charge in [0.1, 0.15) is 0 Å². The van der Waals surface area contributed by atoms with Crippen LogP contribution in [0.15, 0.2) is 169 Å². The van der Waals surface area contributed by atoms with E-state index in [0.717, 1.165) is 43.4 Å². The Balaban J connectivity index is 1.10. The monoisotopic (exact) mass is 603 g/mol. The normalized spacial score (nSPS) is 24.9. The number of benzene rings is 2. The minimum absolute atomic E-state index is 0.169. The Morgan fingerprint density at radius 2 is 1.85 bits per heavy atom. The predicted molar refractivity (Wildman–Crippen MR) is 198 cm³/mol. The van der Waals surface area contributed by atoms with Crippen molar-refractivity contribution in [2.75, 3.05) is 0 Å². The lowest BCUT2D eigenvalue weighted by molar-refractivity contribution is 0.357. The molecule has 0 radical (unpaired) electrons. The molecule has 46 heavy (non-hydrogen) atoms. The number of nitrogens with zero attached hydrogens (tertiary/aromatic N) is 1. The van der Waals surface area contributed by atoms with Crippen LogP contribution in [0.3, 0.4) is 0 Å². The van der Waals surface area contributed by atoms with Crippen LogP contribution >= 0.6 is 0 Å². The van der Waals surface area contributed by atoms with Gasteiger partial charge in [0.25, 0.3) is 0 Å². The lowest BCUT2D eigenvalue weighted by Crippen LogP contribution is -2.36.